The third-order valence-electron chi connectivity index (χ3n) is 6.75. The number of hydrogen-bond acceptors (Lipinski definition) is 6. The number of halogens is 1. The zero-order chi connectivity index (χ0) is 22.5. The van der Waals surface area contributed by atoms with E-state index in [0.717, 1.165) is 42.3 Å². The monoisotopic (exact) mass is 441 g/mol. The molecule has 2 atom stereocenters. The van der Waals surface area contributed by atoms with Crippen LogP contribution in [0.5, 0.6) is 6.01 Å². The van der Waals surface area contributed by atoms with E-state index in [-0.39, 0.29) is 17.2 Å². The molecule has 1 N–H and O–H groups in total. The molecule has 0 spiro atoms. The molecule has 2 aliphatic heterocycles. The Balaban J connectivity index is 1.56. The van der Waals surface area contributed by atoms with Gasteiger partial charge < -0.3 is 15.0 Å². The van der Waals surface area contributed by atoms with Gasteiger partial charge in [0.25, 0.3) is 0 Å². The van der Waals surface area contributed by atoms with Crippen LogP contribution in [0.3, 0.4) is 0 Å². The third kappa shape index (κ3) is 3.23. The third-order valence-corrected chi connectivity index (χ3v) is 6.75. The zero-order valence-electron chi connectivity index (χ0n) is 18.4. The minimum Gasteiger partial charge on any atom is -0.467 e. The highest BCUT2D eigenvalue weighted by Crippen LogP contribution is 2.37. The van der Waals surface area contributed by atoms with Crippen LogP contribution in [0, 0.1) is 5.82 Å². The van der Waals surface area contributed by atoms with Crippen LogP contribution >= 0.6 is 0 Å². The van der Waals surface area contributed by atoms with Crippen LogP contribution in [0.15, 0.2) is 49.2 Å². The Morgan fingerprint density at radius 2 is 1.88 bits per heavy atom. The standard InChI is InChI=1S/C26H24FN5O/c1-3-15-6-4-7-16-8-5-9-19(21(15)16)23-22(27)24-20(12-28-23)25(31-26(30-24)33-2)32-13-17-10-11-18(14-32)29-17/h3-9,12,17-18,29H,1,10-11,13-14H2,2H3. The summed E-state index contributed by atoms with van der Waals surface area (Å²) in [4.78, 5) is 15.8. The van der Waals surface area contributed by atoms with E-state index in [1.54, 1.807) is 12.3 Å². The molecular formula is C26H24FN5O. The van der Waals surface area contributed by atoms with Gasteiger partial charge in [-0.25, -0.2) is 4.39 Å². The number of rotatable bonds is 4. The molecule has 4 aromatic rings. The summed E-state index contributed by atoms with van der Waals surface area (Å²) >= 11 is 0. The lowest BCUT2D eigenvalue weighted by molar-refractivity contribution is 0.380. The van der Waals surface area contributed by atoms with Gasteiger partial charge in [0.1, 0.15) is 17.0 Å². The Hall–Kier alpha value is -3.58. The van der Waals surface area contributed by atoms with E-state index in [2.05, 4.69) is 31.7 Å². The predicted molar refractivity (Wildman–Crippen MR) is 129 cm³/mol. The number of pyridine rings is 1. The van der Waals surface area contributed by atoms with Crippen LogP contribution in [0.1, 0.15) is 18.4 Å². The zero-order valence-corrected chi connectivity index (χ0v) is 18.4. The number of benzene rings is 2. The molecule has 2 aliphatic rings. The number of nitrogens with one attached hydrogen (secondary N) is 1. The summed E-state index contributed by atoms with van der Waals surface area (Å²) in [6, 6.07) is 12.8. The summed E-state index contributed by atoms with van der Waals surface area (Å²) in [7, 11) is 1.51. The number of methoxy groups -OCH3 is 1. The summed E-state index contributed by atoms with van der Waals surface area (Å²) in [6.45, 7) is 5.57. The smallest absolute Gasteiger partial charge is 0.318 e. The van der Waals surface area contributed by atoms with Crippen molar-refractivity contribution in [2.24, 2.45) is 0 Å². The summed E-state index contributed by atoms with van der Waals surface area (Å²) < 4.78 is 21.4. The lowest BCUT2D eigenvalue weighted by Crippen LogP contribution is -2.51. The van der Waals surface area contributed by atoms with Gasteiger partial charge in [-0.3, -0.25) is 4.98 Å². The van der Waals surface area contributed by atoms with Gasteiger partial charge in [-0.1, -0.05) is 49.1 Å². The number of nitrogens with zero attached hydrogens (tertiary/aromatic N) is 4. The van der Waals surface area contributed by atoms with Gasteiger partial charge >= 0.3 is 6.01 Å². The molecule has 6 rings (SSSR count). The second-order valence-corrected chi connectivity index (χ2v) is 8.71. The second-order valence-electron chi connectivity index (χ2n) is 8.71. The highest BCUT2D eigenvalue weighted by molar-refractivity contribution is 6.03. The van der Waals surface area contributed by atoms with Crippen molar-refractivity contribution in [3.05, 3.63) is 60.6 Å². The van der Waals surface area contributed by atoms with E-state index in [9.17, 15) is 0 Å². The maximum Gasteiger partial charge on any atom is 0.318 e. The van der Waals surface area contributed by atoms with E-state index in [1.807, 2.05) is 36.4 Å². The first-order chi connectivity index (χ1) is 16.2. The van der Waals surface area contributed by atoms with Gasteiger partial charge in [-0.2, -0.15) is 9.97 Å². The molecular weight excluding hydrogens is 417 g/mol. The van der Waals surface area contributed by atoms with Crippen LogP contribution in [0.25, 0.3) is 39.0 Å². The SMILES string of the molecule is C=Cc1cccc2cccc(-c3ncc4c(N5CC6CCC(C5)N6)nc(OC)nc4c3F)c12. The lowest BCUT2D eigenvalue weighted by atomic mass is 9.96. The molecule has 2 unspecified atom stereocenters. The molecule has 0 radical (unpaired) electrons. The summed E-state index contributed by atoms with van der Waals surface area (Å²) in [5, 5.41) is 6.14. The normalized spacial score (nSPS) is 19.9. The van der Waals surface area contributed by atoms with Crippen molar-refractivity contribution in [1.82, 2.24) is 20.3 Å². The molecule has 33 heavy (non-hydrogen) atoms. The molecule has 6 nitrogen and oxygen atoms in total. The highest BCUT2D eigenvalue weighted by atomic mass is 19.1. The number of anilines is 1. The average molecular weight is 442 g/mol. The fourth-order valence-electron chi connectivity index (χ4n) is 5.25. The van der Waals surface area contributed by atoms with Crippen LogP contribution in [0.4, 0.5) is 10.2 Å². The van der Waals surface area contributed by atoms with Gasteiger partial charge in [0.2, 0.25) is 0 Å². The fraction of sp³-hybridized carbons (Fsp3) is 0.269. The van der Waals surface area contributed by atoms with E-state index in [1.165, 1.54) is 7.11 Å². The Morgan fingerprint density at radius 1 is 1.12 bits per heavy atom. The van der Waals surface area contributed by atoms with Crippen molar-refractivity contribution >= 4 is 33.6 Å². The first-order valence-corrected chi connectivity index (χ1v) is 11.2. The average Bonchev–Trinajstić information content (AvgIpc) is 3.20. The quantitative estimate of drug-likeness (QED) is 0.500. The number of fused-ring (bicyclic) bond motifs is 4. The Labute approximate surface area is 191 Å². The Morgan fingerprint density at radius 3 is 2.61 bits per heavy atom. The van der Waals surface area contributed by atoms with Crippen molar-refractivity contribution in [3.63, 3.8) is 0 Å². The predicted octanol–water partition coefficient (Wildman–Crippen LogP) is 4.58. The highest BCUT2D eigenvalue weighted by Gasteiger charge is 2.34. The minimum atomic E-state index is -0.473. The van der Waals surface area contributed by atoms with E-state index < -0.39 is 5.82 Å². The molecule has 2 aromatic carbocycles. The van der Waals surface area contributed by atoms with Gasteiger partial charge in [0.15, 0.2) is 5.82 Å². The van der Waals surface area contributed by atoms with Crippen LogP contribution in [0.2, 0.25) is 0 Å². The Bertz CT molecular complexity index is 1390. The number of piperazine rings is 1. The molecule has 7 heteroatoms. The maximum absolute atomic E-state index is 16.1. The number of hydrogen-bond donors (Lipinski definition) is 1. The van der Waals surface area contributed by atoms with Crippen molar-refractivity contribution in [2.45, 2.75) is 24.9 Å². The summed E-state index contributed by atoms with van der Waals surface area (Å²) in [6.07, 6.45) is 5.77. The molecule has 2 bridgehead atoms. The molecule has 4 heterocycles. The fourth-order valence-corrected chi connectivity index (χ4v) is 5.25. The number of ether oxygens (including phenoxy) is 1. The van der Waals surface area contributed by atoms with Crippen molar-refractivity contribution in [2.75, 3.05) is 25.1 Å². The molecule has 0 aliphatic carbocycles. The summed E-state index contributed by atoms with van der Waals surface area (Å²) in [5.74, 6) is 0.205. The van der Waals surface area contributed by atoms with Gasteiger partial charge in [0, 0.05) is 36.9 Å². The van der Waals surface area contributed by atoms with Crippen LogP contribution in [-0.2, 0) is 0 Å². The molecule has 166 valence electrons. The molecule has 2 fully saturated rings. The van der Waals surface area contributed by atoms with Gasteiger partial charge in [0.05, 0.1) is 12.5 Å². The second kappa shape index (κ2) is 7.78. The van der Waals surface area contributed by atoms with Gasteiger partial charge in [-0.05, 0) is 29.2 Å². The summed E-state index contributed by atoms with van der Waals surface area (Å²) in [5.41, 5.74) is 2.12. The van der Waals surface area contributed by atoms with E-state index in [4.69, 9.17) is 4.74 Å². The maximum atomic E-state index is 16.1. The molecule has 2 aromatic heterocycles. The van der Waals surface area contributed by atoms with Crippen molar-refractivity contribution in [3.8, 4) is 17.3 Å². The van der Waals surface area contributed by atoms with Crippen LogP contribution < -0.4 is 15.0 Å². The lowest BCUT2D eigenvalue weighted by Gasteiger charge is -2.34. The molecule has 0 amide bonds. The van der Waals surface area contributed by atoms with Crippen molar-refractivity contribution in [1.29, 1.82) is 0 Å². The van der Waals surface area contributed by atoms with Crippen LogP contribution in [-0.4, -0.2) is 47.2 Å². The van der Waals surface area contributed by atoms with E-state index >= 15 is 4.39 Å². The molecule has 2 saturated heterocycles. The number of aromatic nitrogens is 3. The van der Waals surface area contributed by atoms with Gasteiger partial charge in [-0.15, -0.1) is 0 Å². The molecule has 0 saturated carbocycles. The van der Waals surface area contributed by atoms with Crippen molar-refractivity contribution < 1.29 is 9.13 Å². The first kappa shape index (κ1) is 20.1. The largest absolute Gasteiger partial charge is 0.467 e. The minimum absolute atomic E-state index is 0.157. The Kier molecular flexibility index (Phi) is 4.73. The topological polar surface area (TPSA) is 63.2 Å². The first-order valence-electron chi connectivity index (χ1n) is 11.2. The van der Waals surface area contributed by atoms with E-state index in [0.29, 0.717) is 28.9 Å².